The van der Waals surface area contributed by atoms with Gasteiger partial charge in [0.25, 0.3) is 5.69 Å². The summed E-state index contributed by atoms with van der Waals surface area (Å²) in [6.07, 6.45) is 3.37. The molecule has 0 spiro atoms. The lowest BCUT2D eigenvalue weighted by Crippen LogP contribution is -1.95. The van der Waals surface area contributed by atoms with Crippen molar-refractivity contribution in [3.05, 3.63) is 63.8 Å². The number of aliphatic imine (C=N–C) groups is 1. The number of ether oxygens (including phenoxy) is 1. The third-order valence-corrected chi connectivity index (χ3v) is 4.23. The molecule has 29 heavy (non-hydrogen) atoms. The number of unbranched alkanes of at least 4 members (excludes halogenated alkanes) is 1. The van der Waals surface area contributed by atoms with Gasteiger partial charge in [0, 0.05) is 17.7 Å². The first kappa shape index (κ1) is 20.1. The fourth-order valence-electron chi connectivity index (χ4n) is 2.54. The summed E-state index contributed by atoms with van der Waals surface area (Å²) in [5.41, 5.74) is 1.92. The van der Waals surface area contributed by atoms with Crippen LogP contribution in [0.25, 0.3) is 11.5 Å². The zero-order valence-electron chi connectivity index (χ0n) is 16.2. The molecule has 0 unspecified atom stereocenters. The Morgan fingerprint density at radius 1 is 1.28 bits per heavy atom. The minimum Gasteiger partial charge on any atom is -0.494 e. The van der Waals surface area contributed by atoms with Gasteiger partial charge in [-0.3, -0.25) is 15.1 Å². The van der Waals surface area contributed by atoms with Crippen LogP contribution in [0.4, 0.5) is 11.4 Å². The molecule has 0 saturated heterocycles. The van der Waals surface area contributed by atoms with Gasteiger partial charge in [-0.2, -0.15) is 0 Å². The molecule has 0 bridgehead atoms. The van der Waals surface area contributed by atoms with Gasteiger partial charge in [-0.1, -0.05) is 19.4 Å². The Labute approximate surface area is 167 Å². The average molecular weight is 395 g/mol. The standard InChI is InChI=1S/C21H21N3O5/c1-3-4-11-28-17-9-6-15(7-10-17)20-23-19(21(25)29-20)13-22-18-12-16(24(26)27)8-5-14(18)2/h5-10,12-13,25H,3-4,11H2,1-2H3. The molecule has 3 rings (SSSR count). The molecule has 0 radical (unpaired) electrons. The summed E-state index contributed by atoms with van der Waals surface area (Å²) in [5, 5.41) is 21.0. The van der Waals surface area contributed by atoms with Crippen LogP contribution in [0, 0.1) is 17.0 Å². The van der Waals surface area contributed by atoms with E-state index in [1.807, 2.05) is 12.1 Å². The average Bonchev–Trinajstić information content (AvgIpc) is 3.08. The molecular formula is C21H21N3O5. The van der Waals surface area contributed by atoms with Crippen molar-refractivity contribution in [1.29, 1.82) is 0 Å². The van der Waals surface area contributed by atoms with Gasteiger partial charge in [0.2, 0.25) is 5.89 Å². The maximum atomic E-state index is 10.9. The van der Waals surface area contributed by atoms with Gasteiger partial charge in [-0.15, -0.1) is 0 Å². The Morgan fingerprint density at radius 2 is 2.03 bits per heavy atom. The van der Waals surface area contributed by atoms with Gasteiger partial charge < -0.3 is 14.3 Å². The fourth-order valence-corrected chi connectivity index (χ4v) is 2.54. The normalized spacial score (nSPS) is 11.1. The van der Waals surface area contributed by atoms with Crippen LogP contribution in [-0.2, 0) is 0 Å². The molecule has 0 fully saturated rings. The topological polar surface area (TPSA) is 111 Å². The van der Waals surface area contributed by atoms with Crippen molar-refractivity contribution in [3.63, 3.8) is 0 Å². The maximum absolute atomic E-state index is 10.9. The fraction of sp³-hybridized carbons (Fsp3) is 0.238. The highest BCUT2D eigenvalue weighted by molar-refractivity contribution is 5.83. The third kappa shape index (κ3) is 4.98. The number of benzene rings is 2. The number of hydrogen-bond donors (Lipinski definition) is 1. The van der Waals surface area contributed by atoms with E-state index in [2.05, 4.69) is 16.9 Å². The largest absolute Gasteiger partial charge is 0.494 e. The summed E-state index contributed by atoms with van der Waals surface area (Å²) >= 11 is 0. The van der Waals surface area contributed by atoms with Crippen molar-refractivity contribution in [2.24, 2.45) is 4.99 Å². The van der Waals surface area contributed by atoms with E-state index in [0.29, 0.717) is 17.9 Å². The number of rotatable bonds is 8. The molecule has 3 aromatic rings. The van der Waals surface area contributed by atoms with Crippen molar-refractivity contribution in [2.45, 2.75) is 26.7 Å². The van der Waals surface area contributed by atoms with E-state index < -0.39 is 4.92 Å². The molecule has 0 aliphatic carbocycles. The van der Waals surface area contributed by atoms with E-state index in [9.17, 15) is 15.2 Å². The number of nitrogens with zero attached hydrogens (tertiary/aromatic N) is 3. The molecule has 1 N–H and O–H groups in total. The van der Waals surface area contributed by atoms with E-state index in [0.717, 1.165) is 24.2 Å². The van der Waals surface area contributed by atoms with Crippen molar-refractivity contribution in [2.75, 3.05) is 6.61 Å². The number of oxazole rings is 1. The van der Waals surface area contributed by atoms with Gasteiger partial charge in [-0.25, -0.2) is 4.98 Å². The highest BCUT2D eigenvalue weighted by Gasteiger charge is 2.13. The molecule has 2 aromatic carbocycles. The Kier molecular flexibility index (Phi) is 6.23. The molecule has 1 aromatic heterocycles. The van der Waals surface area contributed by atoms with Gasteiger partial charge in [-0.05, 0) is 43.2 Å². The quantitative estimate of drug-likeness (QED) is 0.243. The van der Waals surface area contributed by atoms with Crippen LogP contribution in [-0.4, -0.2) is 27.8 Å². The Hall–Kier alpha value is -3.68. The van der Waals surface area contributed by atoms with Gasteiger partial charge in [0.05, 0.1) is 23.4 Å². The molecule has 0 atom stereocenters. The van der Waals surface area contributed by atoms with E-state index in [4.69, 9.17) is 9.15 Å². The number of aromatic hydroxyl groups is 1. The minimum absolute atomic E-state index is 0.0611. The second-order valence-corrected chi connectivity index (χ2v) is 6.42. The summed E-state index contributed by atoms with van der Waals surface area (Å²) in [5.74, 6) is 0.607. The summed E-state index contributed by atoms with van der Waals surface area (Å²) in [7, 11) is 0. The van der Waals surface area contributed by atoms with E-state index in [1.54, 1.807) is 25.1 Å². The SMILES string of the molecule is CCCCOc1ccc(-c2nc(C=Nc3cc([N+](=O)[O-])ccc3C)c(O)o2)cc1. The van der Waals surface area contributed by atoms with Gasteiger partial charge >= 0.3 is 5.95 Å². The number of hydrogen-bond acceptors (Lipinski definition) is 7. The summed E-state index contributed by atoms with van der Waals surface area (Å²) in [4.78, 5) is 18.9. The minimum atomic E-state index is -0.486. The van der Waals surface area contributed by atoms with E-state index in [-0.39, 0.29) is 23.2 Å². The molecule has 8 nitrogen and oxygen atoms in total. The monoisotopic (exact) mass is 395 g/mol. The van der Waals surface area contributed by atoms with Crippen molar-refractivity contribution < 1.29 is 19.2 Å². The Bertz CT molecular complexity index is 1030. The van der Waals surface area contributed by atoms with Crippen LogP contribution in [0.1, 0.15) is 31.0 Å². The molecule has 1 heterocycles. The predicted molar refractivity (Wildman–Crippen MR) is 109 cm³/mol. The third-order valence-electron chi connectivity index (χ3n) is 4.23. The number of aromatic nitrogens is 1. The van der Waals surface area contributed by atoms with Crippen LogP contribution in [0.3, 0.4) is 0 Å². The lowest BCUT2D eigenvalue weighted by atomic mass is 10.2. The lowest BCUT2D eigenvalue weighted by molar-refractivity contribution is -0.384. The van der Waals surface area contributed by atoms with Crippen molar-refractivity contribution in [1.82, 2.24) is 4.98 Å². The number of non-ortho nitro benzene ring substituents is 1. The van der Waals surface area contributed by atoms with Crippen molar-refractivity contribution >= 4 is 17.6 Å². The van der Waals surface area contributed by atoms with Crippen LogP contribution >= 0.6 is 0 Å². The van der Waals surface area contributed by atoms with Crippen LogP contribution in [0.2, 0.25) is 0 Å². The zero-order valence-corrected chi connectivity index (χ0v) is 16.2. The van der Waals surface area contributed by atoms with Crippen LogP contribution < -0.4 is 4.74 Å². The molecule has 0 amide bonds. The van der Waals surface area contributed by atoms with Gasteiger partial charge in [0.15, 0.2) is 5.69 Å². The zero-order chi connectivity index (χ0) is 20.8. The van der Waals surface area contributed by atoms with Gasteiger partial charge in [0.1, 0.15) is 5.75 Å². The highest BCUT2D eigenvalue weighted by atomic mass is 16.6. The number of aryl methyl sites for hydroxylation is 1. The molecule has 0 saturated carbocycles. The highest BCUT2D eigenvalue weighted by Crippen LogP contribution is 2.28. The number of nitro groups is 1. The predicted octanol–water partition coefficient (Wildman–Crippen LogP) is 5.19. The second-order valence-electron chi connectivity index (χ2n) is 6.42. The lowest BCUT2D eigenvalue weighted by Gasteiger charge is -2.05. The van der Waals surface area contributed by atoms with Crippen LogP contribution in [0.5, 0.6) is 11.7 Å². The smallest absolute Gasteiger partial charge is 0.312 e. The second kappa shape index (κ2) is 9.01. The van der Waals surface area contributed by atoms with E-state index in [1.165, 1.54) is 18.3 Å². The Morgan fingerprint density at radius 3 is 2.72 bits per heavy atom. The maximum Gasteiger partial charge on any atom is 0.312 e. The Balaban J connectivity index is 1.78. The molecule has 8 heteroatoms. The molecule has 0 aliphatic rings. The molecule has 150 valence electrons. The summed E-state index contributed by atoms with van der Waals surface area (Å²) < 4.78 is 10.9. The molecular weight excluding hydrogens is 374 g/mol. The molecule has 0 aliphatic heterocycles. The first-order valence-corrected chi connectivity index (χ1v) is 9.20. The summed E-state index contributed by atoms with van der Waals surface area (Å²) in [6, 6.07) is 11.6. The van der Waals surface area contributed by atoms with E-state index >= 15 is 0 Å². The summed E-state index contributed by atoms with van der Waals surface area (Å²) in [6.45, 7) is 4.55. The first-order chi connectivity index (χ1) is 14.0. The van der Waals surface area contributed by atoms with Crippen LogP contribution in [0.15, 0.2) is 51.9 Å². The van der Waals surface area contributed by atoms with Crippen molar-refractivity contribution in [3.8, 4) is 23.1 Å². The number of nitro benzene ring substituents is 1. The first-order valence-electron chi connectivity index (χ1n) is 9.20.